The number of benzene rings is 2. The fraction of sp³-hybridized carbons (Fsp3) is 0.200. The number of fused-ring (bicyclic) bond motifs is 2. The Morgan fingerprint density at radius 2 is 1.90 bits per heavy atom. The van der Waals surface area contributed by atoms with Gasteiger partial charge in [-0.2, -0.15) is 0 Å². The zero-order valence-electron chi connectivity index (χ0n) is 17.7. The summed E-state index contributed by atoms with van der Waals surface area (Å²) in [7, 11) is 0. The van der Waals surface area contributed by atoms with Gasteiger partial charge in [-0.25, -0.2) is 9.97 Å². The quantitative estimate of drug-likeness (QED) is 0.468. The van der Waals surface area contributed by atoms with Crippen LogP contribution >= 0.6 is 0 Å². The van der Waals surface area contributed by atoms with Crippen molar-refractivity contribution in [3.8, 4) is 22.9 Å². The van der Waals surface area contributed by atoms with E-state index in [-0.39, 0.29) is 11.3 Å². The van der Waals surface area contributed by atoms with Gasteiger partial charge < -0.3 is 9.64 Å². The van der Waals surface area contributed by atoms with E-state index in [1.165, 1.54) is 11.9 Å². The van der Waals surface area contributed by atoms with Crippen molar-refractivity contribution in [2.24, 2.45) is 0 Å². The van der Waals surface area contributed by atoms with Crippen LogP contribution in [-0.2, 0) is 10.2 Å². The van der Waals surface area contributed by atoms with Crippen LogP contribution < -0.4 is 9.64 Å². The van der Waals surface area contributed by atoms with E-state index in [4.69, 9.17) is 4.74 Å². The second-order valence-corrected chi connectivity index (χ2v) is 8.42. The number of rotatable bonds is 3. The molecule has 0 bridgehead atoms. The Bertz CT molecular complexity index is 1320. The van der Waals surface area contributed by atoms with Gasteiger partial charge in [0.2, 0.25) is 11.8 Å². The van der Waals surface area contributed by atoms with Crippen molar-refractivity contribution >= 4 is 22.5 Å². The summed E-state index contributed by atoms with van der Waals surface area (Å²) in [6.45, 7) is 6.59. The average Bonchev–Trinajstić information content (AvgIpc) is 3.04. The van der Waals surface area contributed by atoms with Crippen LogP contribution in [0.15, 0.2) is 67.1 Å². The highest BCUT2D eigenvalue weighted by Crippen LogP contribution is 2.42. The molecule has 1 aliphatic heterocycles. The van der Waals surface area contributed by atoms with Gasteiger partial charge in [0, 0.05) is 53.9 Å². The average molecular weight is 410 g/mol. The Morgan fingerprint density at radius 1 is 1.03 bits per heavy atom. The number of aromatic nitrogens is 3. The molecule has 5 rings (SSSR count). The van der Waals surface area contributed by atoms with E-state index in [0.29, 0.717) is 18.2 Å². The molecule has 2 aromatic heterocycles. The molecular weight excluding hydrogens is 388 g/mol. The Hall–Kier alpha value is -3.80. The van der Waals surface area contributed by atoms with Crippen LogP contribution in [0, 0.1) is 0 Å². The van der Waals surface area contributed by atoms with Crippen LogP contribution in [-0.4, -0.2) is 27.4 Å². The molecule has 154 valence electrons. The van der Waals surface area contributed by atoms with Gasteiger partial charge in [-0.3, -0.25) is 9.78 Å². The lowest BCUT2D eigenvalue weighted by molar-refractivity contribution is -0.116. The van der Waals surface area contributed by atoms with E-state index in [1.54, 1.807) is 13.1 Å². The lowest BCUT2D eigenvalue weighted by Crippen LogP contribution is -2.31. The third-order valence-electron chi connectivity index (χ3n) is 5.69. The number of amides is 1. The number of carbonyl (C=O) groups is 1. The third-order valence-corrected chi connectivity index (χ3v) is 5.69. The summed E-state index contributed by atoms with van der Waals surface area (Å²) in [5.41, 5.74) is 4.54. The van der Waals surface area contributed by atoms with E-state index >= 15 is 0 Å². The fourth-order valence-corrected chi connectivity index (χ4v) is 4.12. The van der Waals surface area contributed by atoms with E-state index in [0.717, 1.165) is 27.8 Å². The molecule has 0 fully saturated rings. The number of hydrogen-bond donors (Lipinski definition) is 0. The minimum atomic E-state index is -0.0798. The molecule has 0 spiro atoms. The molecule has 6 nitrogen and oxygen atoms in total. The number of anilines is 1. The maximum atomic E-state index is 12.2. The van der Waals surface area contributed by atoms with Crippen LogP contribution in [0.5, 0.6) is 11.6 Å². The zero-order chi connectivity index (χ0) is 21.6. The van der Waals surface area contributed by atoms with Gasteiger partial charge in [0.1, 0.15) is 12.1 Å². The van der Waals surface area contributed by atoms with Crippen LogP contribution in [0.1, 0.15) is 26.3 Å². The molecule has 1 aliphatic rings. The molecule has 6 heteroatoms. The fourth-order valence-electron chi connectivity index (χ4n) is 4.12. The van der Waals surface area contributed by atoms with Crippen LogP contribution in [0.2, 0.25) is 0 Å². The molecule has 0 N–H and O–H groups in total. The van der Waals surface area contributed by atoms with Gasteiger partial charge in [0.25, 0.3) is 0 Å². The number of carbonyl (C=O) groups excluding carboxylic acids is 1. The zero-order valence-corrected chi connectivity index (χ0v) is 17.7. The summed E-state index contributed by atoms with van der Waals surface area (Å²) < 4.78 is 5.98. The molecule has 4 aromatic rings. The van der Waals surface area contributed by atoms with Gasteiger partial charge >= 0.3 is 0 Å². The summed E-state index contributed by atoms with van der Waals surface area (Å²) in [5.74, 6) is 1.15. The van der Waals surface area contributed by atoms with E-state index in [1.807, 2.05) is 53.4 Å². The van der Waals surface area contributed by atoms with Gasteiger partial charge in [0.05, 0.1) is 11.2 Å². The summed E-state index contributed by atoms with van der Waals surface area (Å²) in [6, 6.07) is 17.6. The number of ether oxygens (including phenoxy) is 1. The monoisotopic (exact) mass is 410 g/mol. The Balaban J connectivity index is 1.48. The standard InChI is InChI=1S/C25H22N4O2/c1-16(30)29-14-25(2,3)20-9-7-18(11-23(20)29)22-13-24(28-15-27-22)31-19-8-6-17-5-4-10-26-21(17)12-19/h4-13,15H,14H2,1-3H3. The largest absolute Gasteiger partial charge is 0.439 e. The van der Waals surface area contributed by atoms with Gasteiger partial charge in [-0.15, -0.1) is 0 Å². The van der Waals surface area contributed by atoms with E-state index in [9.17, 15) is 4.79 Å². The normalized spacial score (nSPS) is 14.5. The summed E-state index contributed by atoms with van der Waals surface area (Å²) in [5, 5.41) is 1.05. The van der Waals surface area contributed by atoms with E-state index in [2.05, 4.69) is 34.9 Å². The summed E-state index contributed by atoms with van der Waals surface area (Å²) >= 11 is 0. The first-order valence-electron chi connectivity index (χ1n) is 10.2. The highest BCUT2D eigenvalue weighted by molar-refractivity contribution is 5.95. The van der Waals surface area contributed by atoms with Gasteiger partial charge in [0.15, 0.2) is 0 Å². The number of pyridine rings is 1. The topological polar surface area (TPSA) is 68.2 Å². The first-order chi connectivity index (χ1) is 14.9. The smallest absolute Gasteiger partial charge is 0.223 e. The highest BCUT2D eigenvalue weighted by atomic mass is 16.5. The molecule has 31 heavy (non-hydrogen) atoms. The van der Waals surface area contributed by atoms with Crippen molar-refractivity contribution in [3.63, 3.8) is 0 Å². The summed E-state index contributed by atoms with van der Waals surface area (Å²) in [6.07, 6.45) is 3.25. The van der Waals surface area contributed by atoms with Crippen LogP contribution in [0.4, 0.5) is 5.69 Å². The second-order valence-electron chi connectivity index (χ2n) is 8.42. The second kappa shape index (κ2) is 7.16. The predicted octanol–water partition coefficient (Wildman–Crippen LogP) is 5.13. The lowest BCUT2D eigenvalue weighted by atomic mass is 9.86. The molecule has 0 saturated heterocycles. The molecule has 0 unspecified atom stereocenters. The van der Waals surface area contributed by atoms with Crippen molar-refractivity contribution in [2.45, 2.75) is 26.2 Å². The highest BCUT2D eigenvalue weighted by Gasteiger charge is 2.36. The van der Waals surface area contributed by atoms with Crippen molar-refractivity contribution in [1.82, 2.24) is 15.0 Å². The van der Waals surface area contributed by atoms with Crippen molar-refractivity contribution in [3.05, 3.63) is 72.7 Å². The van der Waals surface area contributed by atoms with Gasteiger partial charge in [-0.05, 0) is 29.8 Å². The summed E-state index contributed by atoms with van der Waals surface area (Å²) in [4.78, 5) is 27.1. The first kappa shape index (κ1) is 19.2. The molecule has 0 aliphatic carbocycles. The van der Waals surface area contributed by atoms with Crippen molar-refractivity contribution < 1.29 is 9.53 Å². The maximum Gasteiger partial charge on any atom is 0.223 e. The predicted molar refractivity (Wildman–Crippen MR) is 120 cm³/mol. The van der Waals surface area contributed by atoms with Crippen molar-refractivity contribution in [2.75, 3.05) is 11.4 Å². The Labute approximate surface area is 180 Å². The first-order valence-corrected chi connectivity index (χ1v) is 10.2. The molecule has 1 amide bonds. The molecule has 2 aromatic carbocycles. The SMILES string of the molecule is CC(=O)N1CC(C)(C)c2ccc(-c3cc(Oc4ccc5cccnc5c4)ncn3)cc21. The van der Waals surface area contributed by atoms with Gasteiger partial charge in [-0.1, -0.05) is 32.0 Å². The Kier molecular flexibility index (Phi) is 4.43. The van der Waals surface area contributed by atoms with E-state index < -0.39 is 0 Å². The van der Waals surface area contributed by atoms with Crippen LogP contribution in [0.3, 0.4) is 0 Å². The minimum Gasteiger partial charge on any atom is -0.439 e. The molecular formula is C25H22N4O2. The lowest BCUT2D eigenvalue weighted by Gasteiger charge is -2.19. The molecule has 0 radical (unpaired) electrons. The third kappa shape index (κ3) is 3.50. The molecule has 0 atom stereocenters. The number of nitrogens with zero attached hydrogens (tertiary/aromatic N) is 4. The molecule has 0 saturated carbocycles. The molecule has 3 heterocycles. The maximum absolute atomic E-state index is 12.2. The number of hydrogen-bond acceptors (Lipinski definition) is 5. The Morgan fingerprint density at radius 3 is 2.74 bits per heavy atom. The van der Waals surface area contributed by atoms with Crippen molar-refractivity contribution in [1.29, 1.82) is 0 Å². The van der Waals surface area contributed by atoms with Crippen LogP contribution in [0.25, 0.3) is 22.2 Å². The minimum absolute atomic E-state index is 0.0422.